The Morgan fingerprint density at radius 3 is 2.90 bits per heavy atom. The predicted molar refractivity (Wildman–Crippen MR) is 106 cm³/mol. The van der Waals surface area contributed by atoms with Crippen LogP contribution in [-0.4, -0.2) is 63.1 Å². The van der Waals surface area contributed by atoms with Crippen molar-refractivity contribution in [1.82, 2.24) is 24.9 Å². The number of aromatic nitrogens is 2. The van der Waals surface area contributed by atoms with Crippen molar-refractivity contribution in [2.24, 2.45) is 5.92 Å². The number of carbonyl (C=O) groups is 2. The lowest BCUT2D eigenvalue weighted by Crippen LogP contribution is -2.70. The second-order valence-electron chi connectivity index (χ2n) is 7.93. The van der Waals surface area contributed by atoms with Crippen molar-refractivity contribution >= 4 is 11.8 Å². The third kappa shape index (κ3) is 3.89. The maximum absolute atomic E-state index is 13.4. The second-order valence-corrected chi connectivity index (χ2v) is 7.93. The number of nitrogens with zero attached hydrogens (tertiary/aromatic N) is 4. The van der Waals surface area contributed by atoms with Gasteiger partial charge in [-0.15, -0.1) is 0 Å². The first-order chi connectivity index (χ1) is 14.0. The number of hydrogen-bond donors (Lipinski definition) is 1. The quantitative estimate of drug-likeness (QED) is 0.829. The summed E-state index contributed by atoms with van der Waals surface area (Å²) in [5, 5.41) is 7.24. The summed E-state index contributed by atoms with van der Waals surface area (Å²) >= 11 is 0. The molecule has 0 unspecified atom stereocenters. The minimum absolute atomic E-state index is 0.0301. The molecule has 154 valence electrons. The minimum atomic E-state index is -0.449. The van der Waals surface area contributed by atoms with Gasteiger partial charge in [-0.3, -0.25) is 14.5 Å². The van der Waals surface area contributed by atoms with Crippen molar-refractivity contribution in [3.05, 3.63) is 48.0 Å². The second kappa shape index (κ2) is 7.94. The topological polar surface area (TPSA) is 70.5 Å². The first kappa shape index (κ1) is 19.6. The highest BCUT2D eigenvalue weighted by molar-refractivity contribution is 5.97. The Labute approximate surface area is 169 Å². The van der Waals surface area contributed by atoms with Gasteiger partial charge in [0.15, 0.2) is 0 Å². The molecule has 7 nitrogen and oxygen atoms in total. The smallest absolute Gasteiger partial charge is 0.246 e. The Kier molecular flexibility index (Phi) is 5.36. The molecule has 2 aliphatic rings. The molecule has 1 aromatic carbocycles. The van der Waals surface area contributed by atoms with Crippen LogP contribution in [0.5, 0.6) is 0 Å². The van der Waals surface area contributed by atoms with Crippen LogP contribution >= 0.6 is 0 Å². The molecule has 0 saturated carbocycles. The number of carbonyl (C=O) groups excluding carboxylic acids is 2. The summed E-state index contributed by atoms with van der Waals surface area (Å²) in [6, 6.07) is 5.41. The third-order valence-corrected chi connectivity index (χ3v) is 5.94. The van der Waals surface area contributed by atoms with Crippen molar-refractivity contribution in [3.63, 3.8) is 0 Å². The van der Waals surface area contributed by atoms with Gasteiger partial charge in [-0.1, -0.05) is 26.3 Å². The monoisotopic (exact) mass is 399 g/mol. The summed E-state index contributed by atoms with van der Waals surface area (Å²) in [5.74, 6) is -0.226. The largest absolute Gasteiger partial charge is 0.342 e. The van der Waals surface area contributed by atoms with E-state index < -0.39 is 12.1 Å². The van der Waals surface area contributed by atoms with Gasteiger partial charge in [-0.05, 0) is 24.1 Å². The van der Waals surface area contributed by atoms with Crippen LogP contribution in [0.2, 0.25) is 0 Å². The minimum Gasteiger partial charge on any atom is -0.342 e. The molecule has 0 radical (unpaired) electrons. The van der Waals surface area contributed by atoms with Gasteiger partial charge in [0.05, 0.1) is 11.9 Å². The predicted octanol–water partition coefficient (Wildman–Crippen LogP) is 1.57. The highest BCUT2D eigenvalue weighted by Gasteiger charge is 2.44. The number of halogens is 1. The summed E-state index contributed by atoms with van der Waals surface area (Å²) in [7, 11) is 0. The van der Waals surface area contributed by atoms with Gasteiger partial charge in [0, 0.05) is 37.9 Å². The molecule has 2 saturated heterocycles. The fourth-order valence-electron chi connectivity index (χ4n) is 4.04. The molecule has 8 heteroatoms. The number of amides is 2. The van der Waals surface area contributed by atoms with Crippen LogP contribution in [0.1, 0.15) is 25.8 Å². The first-order valence-corrected chi connectivity index (χ1v) is 10.1. The number of rotatable bonds is 5. The maximum Gasteiger partial charge on any atom is 0.246 e. The third-order valence-electron chi connectivity index (χ3n) is 5.94. The van der Waals surface area contributed by atoms with Crippen LogP contribution in [0, 0.1) is 11.7 Å². The number of nitrogens with one attached hydrogen (secondary N) is 1. The van der Waals surface area contributed by atoms with Gasteiger partial charge in [-0.25, -0.2) is 9.07 Å². The Hall–Kier alpha value is -2.74. The summed E-state index contributed by atoms with van der Waals surface area (Å²) in [6.07, 6.45) is 4.46. The Morgan fingerprint density at radius 2 is 2.14 bits per heavy atom. The molecule has 2 aliphatic heterocycles. The maximum atomic E-state index is 13.4. The molecule has 0 spiro atoms. The number of fused-ring (bicyclic) bond motifs is 1. The van der Waals surface area contributed by atoms with Crippen LogP contribution in [0.15, 0.2) is 36.7 Å². The van der Waals surface area contributed by atoms with Crippen molar-refractivity contribution in [3.8, 4) is 5.69 Å². The highest BCUT2D eigenvalue weighted by Crippen LogP contribution is 2.22. The summed E-state index contributed by atoms with van der Waals surface area (Å²) in [5.41, 5.74) is 1.64. The van der Waals surface area contributed by atoms with Crippen LogP contribution < -0.4 is 5.32 Å². The van der Waals surface area contributed by atoms with Gasteiger partial charge >= 0.3 is 0 Å². The van der Waals surface area contributed by atoms with E-state index in [1.807, 2.05) is 20.0 Å². The molecule has 0 aliphatic carbocycles. The Balaban J connectivity index is 1.42. The molecule has 3 atom stereocenters. The SMILES string of the molecule is CC[C@H](C)[C@@H]1NC(=O)[C@H]2CN(Cc3cnn(-c4cccc(F)c4)c3)CCN2C1=O. The zero-order valence-electron chi connectivity index (χ0n) is 16.7. The van der Waals surface area contributed by atoms with Crippen LogP contribution in [0.3, 0.4) is 0 Å². The Bertz CT molecular complexity index is 914. The van der Waals surface area contributed by atoms with E-state index in [1.54, 1.807) is 27.9 Å². The molecule has 4 rings (SSSR count). The highest BCUT2D eigenvalue weighted by atomic mass is 19.1. The van der Waals surface area contributed by atoms with Gasteiger partial charge in [-0.2, -0.15) is 5.10 Å². The zero-order valence-corrected chi connectivity index (χ0v) is 16.7. The number of hydrogen-bond acceptors (Lipinski definition) is 4. The van der Waals surface area contributed by atoms with E-state index in [2.05, 4.69) is 15.3 Å². The molecule has 1 aromatic heterocycles. The van der Waals surface area contributed by atoms with E-state index in [9.17, 15) is 14.0 Å². The average Bonchev–Trinajstić information content (AvgIpc) is 3.18. The standard InChI is InChI=1S/C21H26FN5O2/c1-3-14(2)19-21(29)26-8-7-25(13-18(26)20(28)24-19)11-15-10-23-27(12-15)17-6-4-5-16(22)9-17/h4-6,9-10,12,14,18-19H,3,7-8,11,13H2,1-2H3,(H,24,28)/t14-,18+,19-/m0/s1. The van der Waals surface area contributed by atoms with Crippen molar-refractivity contribution < 1.29 is 14.0 Å². The first-order valence-electron chi connectivity index (χ1n) is 10.1. The normalized spacial score (nSPS) is 23.6. The van der Waals surface area contributed by atoms with Crippen LogP contribution in [0.25, 0.3) is 5.69 Å². The van der Waals surface area contributed by atoms with Crippen molar-refractivity contribution in [1.29, 1.82) is 0 Å². The number of piperazine rings is 2. The van der Waals surface area contributed by atoms with Gasteiger partial charge in [0.1, 0.15) is 17.9 Å². The van der Waals surface area contributed by atoms with Crippen molar-refractivity contribution in [2.75, 3.05) is 19.6 Å². The lowest BCUT2D eigenvalue weighted by molar-refractivity contribution is -0.154. The molecule has 1 N–H and O–H groups in total. The molecule has 2 aromatic rings. The Morgan fingerprint density at radius 1 is 1.31 bits per heavy atom. The average molecular weight is 399 g/mol. The fraction of sp³-hybridized carbons (Fsp3) is 0.476. The molecular weight excluding hydrogens is 373 g/mol. The molecule has 2 fully saturated rings. The van der Waals surface area contributed by atoms with E-state index in [-0.39, 0.29) is 23.5 Å². The van der Waals surface area contributed by atoms with Crippen molar-refractivity contribution in [2.45, 2.75) is 38.9 Å². The number of benzene rings is 1. The van der Waals surface area contributed by atoms with Gasteiger partial charge < -0.3 is 10.2 Å². The summed E-state index contributed by atoms with van der Waals surface area (Å²) in [6.45, 7) is 6.38. The molecule has 0 bridgehead atoms. The van der Waals surface area contributed by atoms with E-state index in [0.29, 0.717) is 31.9 Å². The van der Waals surface area contributed by atoms with E-state index in [0.717, 1.165) is 12.0 Å². The van der Waals surface area contributed by atoms with Gasteiger partial charge in [0.2, 0.25) is 11.8 Å². The molecular formula is C21H26FN5O2. The van der Waals surface area contributed by atoms with E-state index in [1.165, 1.54) is 12.1 Å². The lowest BCUT2D eigenvalue weighted by Gasteiger charge is -2.46. The van der Waals surface area contributed by atoms with E-state index >= 15 is 0 Å². The summed E-state index contributed by atoms with van der Waals surface area (Å²) in [4.78, 5) is 29.3. The van der Waals surface area contributed by atoms with Crippen LogP contribution in [-0.2, 0) is 16.1 Å². The lowest BCUT2D eigenvalue weighted by atomic mass is 9.93. The summed E-state index contributed by atoms with van der Waals surface area (Å²) < 4.78 is 15.1. The molecule has 29 heavy (non-hydrogen) atoms. The zero-order chi connectivity index (χ0) is 20.5. The fourth-order valence-corrected chi connectivity index (χ4v) is 4.04. The van der Waals surface area contributed by atoms with Crippen LogP contribution in [0.4, 0.5) is 4.39 Å². The molecule has 3 heterocycles. The molecule has 2 amide bonds. The van der Waals surface area contributed by atoms with E-state index in [4.69, 9.17) is 0 Å². The van der Waals surface area contributed by atoms with Gasteiger partial charge in [0.25, 0.3) is 0 Å².